The molecule has 4 heterocycles. The minimum absolute atomic E-state index is 0.0162. The number of pyridine rings is 1. The quantitative estimate of drug-likeness (QED) is 0.347. The number of benzene rings is 1. The molecule has 8 nitrogen and oxygen atoms in total. The van der Waals surface area contributed by atoms with E-state index in [0.29, 0.717) is 18.2 Å². The van der Waals surface area contributed by atoms with Crippen molar-refractivity contribution in [2.45, 2.75) is 18.9 Å². The fourth-order valence-electron chi connectivity index (χ4n) is 5.01. The second-order valence-corrected chi connectivity index (χ2v) is 9.24. The van der Waals surface area contributed by atoms with Gasteiger partial charge in [-0.05, 0) is 54.8 Å². The van der Waals surface area contributed by atoms with Crippen molar-refractivity contribution in [3.63, 3.8) is 0 Å². The number of piperazine rings is 1. The number of aliphatic hydroxyl groups excluding tert-OH is 1. The zero-order valence-electron chi connectivity index (χ0n) is 20.3. The molecule has 3 aromatic rings. The van der Waals surface area contributed by atoms with E-state index in [4.69, 9.17) is 15.5 Å². The van der Waals surface area contributed by atoms with E-state index in [1.165, 1.54) is 6.07 Å². The van der Waals surface area contributed by atoms with Crippen LogP contribution in [0.25, 0.3) is 17.5 Å². The summed E-state index contributed by atoms with van der Waals surface area (Å²) in [6.07, 6.45) is 7.19. The minimum Gasteiger partial charge on any atom is -0.395 e. The van der Waals surface area contributed by atoms with E-state index in [1.54, 1.807) is 30.5 Å². The van der Waals surface area contributed by atoms with E-state index in [0.717, 1.165) is 68.3 Å². The van der Waals surface area contributed by atoms with E-state index in [2.05, 4.69) is 19.8 Å². The van der Waals surface area contributed by atoms with E-state index in [1.807, 2.05) is 29.2 Å². The van der Waals surface area contributed by atoms with Crippen LogP contribution in [0.4, 0.5) is 10.2 Å². The van der Waals surface area contributed by atoms with Crippen LogP contribution >= 0.6 is 0 Å². The lowest BCUT2D eigenvalue weighted by atomic mass is 10.0. The molecule has 2 aliphatic heterocycles. The number of amidine groups is 1. The number of nitrogens with zero attached hydrogens (tertiary/aromatic N) is 5. The predicted octanol–water partition coefficient (Wildman–Crippen LogP) is 3.55. The lowest BCUT2D eigenvalue weighted by molar-refractivity contribution is 0.188. The third kappa shape index (κ3) is 5.47. The van der Waals surface area contributed by atoms with Gasteiger partial charge >= 0.3 is 0 Å². The average Bonchev–Trinajstić information content (AvgIpc) is 3.58. The van der Waals surface area contributed by atoms with Crippen LogP contribution in [0.2, 0.25) is 0 Å². The molecule has 0 spiro atoms. The Morgan fingerprint density at radius 1 is 1.14 bits per heavy atom. The second kappa shape index (κ2) is 11.0. The van der Waals surface area contributed by atoms with Gasteiger partial charge in [0.2, 0.25) is 0 Å². The first-order valence-electron chi connectivity index (χ1n) is 12.5. The molecule has 2 aliphatic rings. The Hall–Kier alpha value is -3.56. The number of β-amino-alcohol motifs (C(OH)–C–C–N with tert-alkyl or cyclic N) is 1. The van der Waals surface area contributed by atoms with Crippen LogP contribution in [0.15, 0.2) is 54.7 Å². The highest BCUT2D eigenvalue weighted by Crippen LogP contribution is 2.32. The molecule has 1 aromatic carbocycles. The molecular formula is C27H32FN7O. The molecule has 0 saturated carbocycles. The van der Waals surface area contributed by atoms with Crippen LogP contribution in [-0.4, -0.2) is 81.6 Å². The summed E-state index contributed by atoms with van der Waals surface area (Å²) in [4.78, 5) is 19.1. The van der Waals surface area contributed by atoms with Crippen LogP contribution in [0.3, 0.4) is 0 Å². The lowest BCUT2D eigenvalue weighted by Crippen LogP contribution is -2.47. The summed E-state index contributed by atoms with van der Waals surface area (Å²) in [6, 6.07) is 12.7. The molecule has 3 N–H and O–H groups in total. The number of aliphatic hydroxyl groups is 1. The number of hydrogen-bond donors (Lipinski definition) is 3. The Kier molecular flexibility index (Phi) is 7.39. The fourth-order valence-corrected chi connectivity index (χ4v) is 5.01. The third-order valence-corrected chi connectivity index (χ3v) is 6.91. The van der Waals surface area contributed by atoms with E-state index in [9.17, 15) is 4.39 Å². The van der Waals surface area contributed by atoms with Crippen molar-refractivity contribution in [1.82, 2.24) is 24.8 Å². The minimum atomic E-state index is -0.244. The molecule has 36 heavy (non-hydrogen) atoms. The number of nitrogens with one attached hydrogen (secondary N) is 2. The van der Waals surface area contributed by atoms with E-state index < -0.39 is 0 Å². The maximum Gasteiger partial charge on any atom is 0.130 e. The maximum absolute atomic E-state index is 13.7. The fraction of sp³-hybridized carbons (Fsp3) is 0.370. The number of likely N-dealkylation sites (tertiary alicyclic amines) is 1. The molecule has 188 valence electrons. The Morgan fingerprint density at radius 3 is 2.78 bits per heavy atom. The summed E-state index contributed by atoms with van der Waals surface area (Å²) >= 11 is 0. The van der Waals surface area contributed by atoms with Crippen LogP contribution in [0, 0.1) is 11.2 Å². The third-order valence-electron chi connectivity index (χ3n) is 6.91. The Labute approximate surface area is 210 Å². The molecule has 2 saturated heterocycles. The van der Waals surface area contributed by atoms with Gasteiger partial charge in [-0.15, -0.1) is 0 Å². The average molecular weight is 490 g/mol. The van der Waals surface area contributed by atoms with Crippen molar-refractivity contribution in [2.75, 3.05) is 50.8 Å². The molecule has 2 aromatic heterocycles. The van der Waals surface area contributed by atoms with Crippen molar-refractivity contribution in [1.29, 1.82) is 5.41 Å². The van der Waals surface area contributed by atoms with E-state index in [-0.39, 0.29) is 18.5 Å². The molecular weight excluding hydrogens is 457 g/mol. The normalized spacial score (nSPS) is 18.9. The van der Waals surface area contributed by atoms with Gasteiger partial charge in [0, 0.05) is 39.3 Å². The molecule has 0 aliphatic carbocycles. The number of hydrogen-bond acceptors (Lipinski definition) is 6. The van der Waals surface area contributed by atoms with Crippen LogP contribution in [-0.2, 0) is 0 Å². The van der Waals surface area contributed by atoms with E-state index >= 15 is 0 Å². The first kappa shape index (κ1) is 24.1. The van der Waals surface area contributed by atoms with Crippen molar-refractivity contribution in [3.05, 3.63) is 71.9 Å². The van der Waals surface area contributed by atoms with Crippen molar-refractivity contribution in [3.8, 4) is 11.4 Å². The molecule has 1 unspecified atom stereocenters. The largest absolute Gasteiger partial charge is 0.395 e. The lowest BCUT2D eigenvalue weighted by Gasteiger charge is -2.35. The smallest absolute Gasteiger partial charge is 0.130 e. The van der Waals surface area contributed by atoms with Gasteiger partial charge in [-0.25, -0.2) is 14.4 Å². The summed E-state index contributed by atoms with van der Waals surface area (Å²) < 4.78 is 13.7. The zero-order valence-corrected chi connectivity index (χ0v) is 20.3. The van der Waals surface area contributed by atoms with Crippen LogP contribution in [0.5, 0.6) is 0 Å². The topological polar surface area (TPSA) is 95.4 Å². The standard InChI is InChI=1S/C27H32FN7O/c28-21-5-1-4-20(18-21)24-7-3-11-35(24)25(29)9-10-26-30-19-23(31-26)22-6-2-8-27(32-22)34-14-12-33(13-15-34)16-17-36/h1-2,4-6,8-10,18-19,24,29,36H,3,7,11-17H2,(H,30,31). The number of aromatic amines is 1. The van der Waals surface area contributed by atoms with Gasteiger partial charge in [0.05, 0.1) is 30.2 Å². The first-order valence-corrected chi connectivity index (χ1v) is 12.5. The highest BCUT2D eigenvalue weighted by atomic mass is 19.1. The molecule has 0 amide bonds. The van der Waals surface area contributed by atoms with Crippen LogP contribution in [0.1, 0.15) is 30.3 Å². The van der Waals surface area contributed by atoms with Crippen molar-refractivity contribution >= 4 is 17.7 Å². The van der Waals surface area contributed by atoms with Gasteiger partial charge in [0.1, 0.15) is 23.3 Å². The van der Waals surface area contributed by atoms with Gasteiger partial charge in [-0.1, -0.05) is 18.2 Å². The van der Waals surface area contributed by atoms with Crippen molar-refractivity contribution < 1.29 is 9.50 Å². The molecule has 1 atom stereocenters. The first-order chi connectivity index (χ1) is 17.6. The summed E-state index contributed by atoms with van der Waals surface area (Å²) in [7, 11) is 0. The van der Waals surface area contributed by atoms with Crippen LogP contribution < -0.4 is 4.90 Å². The predicted molar refractivity (Wildman–Crippen MR) is 139 cm³/mol. The van der Waals surface area contributed by atoms with Crippen molar-refractivity contribution in [2.24, 2.45) is 0 Å². The highest BCUT2D eigenvalue weighted by molar-refractivity contribution is 5.94. The molecule has 0 bridgehead atoms. The van der Waals surface area contributed by atoms with Gasteiger partial charge in [-0.2, -0.15) is 0 Å². The number of H-pyrrole nitrogens is 1. The molecule has 0 radical (unpaired) electrons. The summed E-state index contributed by atoms with van der Waals surface area (Å²) in [5.41, 5.74) is 2.55. The van der Waals surface area contributed by atoms with Gasteiger partial charge < -0.3 is 19.9 Å². The maximum atomic E-state index is 13.7. The number of anilines is 1. The van der Waals surface area contributed by atoms with Gasteiger partial charge in [0.15, 0.2) is 0 Å². The number of rotatable bonds is 7. The number of imidazole rings is 1. The van der Waals surface area contributed by atoms with Gasteiger partial charge in [-0.3, -0.25) is 10.3 Å². The summed E-state index contributed by atoms with van der Waals surface area (Å²) in [6.45, 7) is 5.26. The highest BCUT2D eigenvalue weighted by Gasteiger charge is 2.27. The zero-order chi connectivity index (χ0) is 24.9. The monoisotopic (exact) mass is 489 g/mol. The summed E-state index contributed by atoms with van der Waals surface area (Å²) in [5, 5.41) is 17.7. The Bertz CT molecular complexity index is 1220. The van der Waals surface area contributed by atoms with Gasteiger partial charge in [0.25, 0.3) is 0 Å². The Balaban J connectivity index is 1.24. The summed E-state index contributed by atoms with van der Waals surface area (Å²) in [5.74, 6) is 1.73. The molecule has 5 rings (SSSR count). The number of halogens is 1. The Morgan fingerprint density at radius 2 is 1.97 bits per heavy atom. The SMILES string of the molecule is N=C(C=Cc1ncc(-c2cccc(N3CCN(CCO)CC3)n2)[nH]1)N1CCCC1c1cccc(F)c1. The molecule has 9 heteroatoms. The number of aromatic nitrogens is 3. The second-order valence-electron chi connectivity index (χ2n) is 9.24. The molecule has 2 fully saturated rings.